The Morgan fingerprint density at radius 2 is 2.00 bits per heavy atom. The molecule has 0 amide bonds. The van der Waals surface area contributed by atoms with Crippen LogP contribution in [0.25, 0.3) is 0 Å². The Hall–Kier alpha value is -0.700. The van der Waals surface area contributed by atoms with Crippen molar-refractivity contribution in [3.8, 4) is 5.75 Å². The lowest BCUT2D eigenvalue weighted by Crippen LogP contribution is -2.28. The number of ether oxygens (including phenoxy) is 1. The van der Waals surface area contributed by atoms with Gasteiger partial charge in [0, 0.05) is 4.47 Å². The molecular weight excluding hydrogens is 278 g/mol. The van der Waals surface area contributed by atoms with Gasteiger partial charge in [-0.2, -0.15) is 0 Å². The minimum Gasteiger partial charge on any atom is -0.488 e. The molecule has 3 atom stereocenters. The molecule has 0 aromatic heterocycles. The second kappa shape index (κ2) is 5.30. The van der Waals surface area contributed by atoms with Crippen molar-refractivity contribution in [3.63, 3.8) is 0 Å². The molecule has 2 rings (SSSR count). The molecule has 0 aliphatic heterocycles. The second-order valence-electron chi connectivity index (χ2n) is 5.19. The summed E-state index contributed by atoms with van der Waals surface area (Å²) in [5.41, 5.74) is 6.66. The average molecular weight is 298 g/mol. The van der Waals surface area contributed by atoms with E-state index in [2.05, 4.69) is 29.8 Å². The summed E-state index contributed by atoms with van der Waals surface area (Å²) in [6.07, 6.45) is 3.85. The first-order valence-corrected chi connectivity index (χ1v) is 7.07. The van der Waals surface area contributed by atoms with Crippen molar-refractivity contribution < 1.29 is 4.74 Å². The van der Waals surface area contributed by atoms with Crippen LogP contribution in [0.2, 0.25) is 0 Å². The summed E-state index contributed by atoms with van der Waals surface area (Å²) in [5, 5.41) is 0. The molecule has 3 heteroatoms. The van der Waals surface area contributed by atoms with Crippen LogP contribution in [0, 0.1) is 11.8 Å². The summed E-state index contributed by atoms with van der Waals surface area (Å²) in [4.78, 5) is 0. The van der Waals surface area contributed by atoms with Crippen molar-refractivity contribution in [3.05, 3.63) is 22.7 Å². The molecule has 1 aromatic carbocycles. The largest absolute Gasteiger partial charge is 0.488 e. The van der Waals surface area contributed by atoms with E-state index in [-0.39, 0.29) is 0 Å². The zero-order valence-corrected chi connectivity index (χ0v) is 12.0. The third-order valence-electron chi connectivity index (χ3n) is 3.82. The summed E-state index contributed by atoms with van der Waals surface area (Å²) in [6.45, 7) is 4.64. The molecule has 1 fully saturated rings. The molecular formula is C14H20BrNO. The molecule has 1 aromatic rings. The molecule has 1 aliphatic rings. The lowest BCUT2D eigenvalue weighted by molar-refractivity contribution is 0.101. The second-order valence-corrected chi connectivity index (χ2v) is 6.11. The first-order valence-electron chi connectivity index (χ1n) is 6.28. The molecule has 2 N–H and O–H groups in total. The molecule has 0 saturated heterocycles. The zero-order chi connectivity index (χ0) is 12.4. The van der Waals surface area contributed by atoms with Gasteiger partial charge >= 0.3 is 0 Å². The van der Waals surface area contributed by atoms with Crippen LogP contribution in [0.15, 0.2) is 22.7 Å². The number of hydrogen-bond acceptors (Lipinski definition) is 2. The van der Waals surface area contributed by atoms with Crippen LogP contribution in [0.3, 0.4) is 0 Å². The van der Waals surface area contributed by atoms with E-state index in [9.17, 15) is 0 Å². The van der Waals surface area contributed by atoms with Gasteiger partial charge in [-0.3, -0.25) is 0 Å². The van der Waals surface area contributed by atoms with Crippen molar-refractivity contribution in [1.29, 1.82) is 0 Å². The fraction of sp³-hybridized carbons (Fsp3) is 0.571. The van der Waals surface area contributed by atoms with E-state index in [1.807, 2.05) is 18.2 Å². The van der Waals surface area contributed by atoms with Gasteiger partial charge in [-0.05, 0) is 49.3 Å². The average Bonchev–Trinajstić information content (AvgIpc) is 2.27. The molecule has 2 nitrogen and oxygen atoms in total. The van der Waals surface area contributed by atoms with E-state index in [0.29, 0.717) is 11.8 Å². The number of nitrogens with two attached hydrogens (primary N) is 1. The SMILES string of the molecule is CC1CCC(Oc2ccc(Br)cc2N)CC1C. The van der Waals surface area contributed by atoms with Crippen LogP contribution in [0.1, 0.15) is 33.1 Å². The molecule has 3 unspecified atom stereocenters. The maximum absolute atomic E-state index is 6.01. The molecule has 0 spiro atoms. The van der Waals surface area contributed by atoms with Gasteiger partial charge in [0.05, 0.1) is 11.8 Å². The highest BCUT2D eigenvalue weighted by atomic mass is 79.9. The molecule has 1 saturated carbocycles. The summed E-state index contributed by atoms with van der Waals surface area (Å²) < 4.78 is 7.01. The van der Waals surface area contributed by atoms with Crippen LogP contribution < -0.4 is 10.5 Å². The Balaban J connectivity index is 2.01. The third-order valence-corrected chi connectivity index (χ3v) is 4.31. The number of hydrogen-bond donors (Lipinski definition) is 1. The normalized spacial score (nSPS) is 29.0. The molecule has 0 radical (unpaired) electrons. The zero-order valence-electron chi connectivity index (χ0n) is 10.4. The van der Waals surface area contributed by atoms with Crippen LogP contribution in [-0.4, -0.2) is 6.10 Å². The Morgan fingerprint density at radius 1 is 1.24 bits per heavy atom. The van der Waals surface area contributed by atoms with Crippen LogP contribution >= 0.6 is 15.9 Å². The number of benzene rings is 1. The summed E-state index contributed by atoms with van der Waals surface area (Å²) in [6, 6.07) is 5.81. The van der Waals surface area contributed by atoms with Crippen molar-refractivity contribution >= 4 is 21.6 Å². The van der Waals surface area contributed by atoms with E-state index in [0.717, 1.165) is 34.9 Å². The number of halogens is 1. The quantitative estimate of drug-likeness (QED) is 0.829. The Kier molecular flexibility index (Phi) is 3.97. The lowest BCUT2D eigenvalue weighted by atomic mass is 9.80. The Labute approximate surface area is 112 Å². The molecule has 0 bridgehead atoms. The monoisotopic (exact) mass is 297 g/mol. The van der Waals surface area contributed by atoms with Crippen molar-refractivity contribution in [1.82, 2.24) is 0 Å². The molecule has 17 heavy (non-hydrogen) atoms. The van der Waals surface area contributed by atoms with E-state index in [1.54, 1.807) is 0 Å². The van der Waals surface area contributed by atoms with Crippen molar-refractivity contribution in [2.24, 2.45) is 11.8 Å². The van der Waals surface area contributed by atoms with Crippen molar-refractivity contribution in [2.45, 2.75) is 39.2 Å². The summed E-state index contributed by atoms with van der Waals surface area (Å²) in [5.74, 6) is 2.38. The minimum absolute atomic E-state index is 0.324. The molecule has 94 valence electrons. The standard InChI is InChI=1S/C14H20BrNO/c1-9-3-5-12(7-10(9)2)17-14-6-4-11(15)8-13(14)16/h4,6,8-10,12H,3,5,7,16H2,1-2H3. The fourth-order valence-corrected chi connectivity index (χ4v) is 2.79. The van der Waals surface area contributed by atoms with Crippen LogP contribution in [0.5, 0.6) is 5.75 Å². The number of rotatable bonds is 2. The summed E-state index contributed by atoms with van der Waals surface area (Å²) >= 11 is 3.40. The Bertz CT molecular complexity index is 394. The highest BCUT2D eigenvalue weighted by molar-refractivity contribution is 9.10. The van der Waals surface area contributed by atoms with Crippen LogP contribution in [0.4, 0.5) is 5.69 Å². The van der Waals surface area contributed by atoms with Gasteiger partial charge in [-0.15, -0.1) is 0 Å². The minimum atomic E-state index is 0.324. The highest BCUT2D eigenvalue weighted by Gasteiger charge is 2.26. The van der Waals surface area contributed by atoms with E-state index in [4.69, 9.17) is 10.5 Å². The number of nitrogen functional groups attached to an aromatic ring is 1. The van der Waals surface area contributed by atoms with Gasteiger partial charge in [0.2, 0.25) is 0 Å². The Morgan fingerprint density at radius 3 is 2.65 bits per heavy atom. The van der Waals surface area contributed by atoms with Crippen LogP contribution in [-0.2, 0) is 0 Å². The predicted molar refractivity (Wildman–Crippen MR) is 75.1 cm³/mol. The van der Waals surface area contributed by atoms with Gasteiger partial charge < -0.3 is 10.5 Å². The van der Waals surface area contributed by atoms with E-state index >= 15 is 0 Å². The smallest absolute Gasteiger partial charge is 0.142 e. The predicted octanol–water partition coefficient (Wildman–Crippen LogP) is 4.23. The van der Waals surface area contributed by atoms with E-state index in [1.165, 1.54) is 6.42 Å². The molecule has 1 aliphatic carbocycles. The van der Waals surface area contributed by atoms with Gasteiger partial charge in [-0.25, -0.2) is 0 Å². The maximum Gasteiger partial charge on any atom is 0.142 e. The van der Waals surface area contributed by atoms with Gasteiger partial charge in [0.1, 0.15) is 5.75 Å². The van der Waals surface area contributed by atoms with Crippen molar-refractivity contribution in [2.75, 3.05) is 5.73 Å². The topological polar surface area (TPSA) is 35.2 Å². The van der Waals surface area contributed by atoms with Gasteiger partial charge in [-0.1, -0.05) is 29.8 Å². The lowest BCUT2D eigenvalue weighted by Gasteiger charge is -2.32. The highest BCUT2D eigenvalue weighted by Crippen LogP contribution is 2.34. The summed E-state index contributed by atoms with van der Waals surface area (Å²) in [7, 11) is 0. The third kappa shape index (κ3) is 3.15. The number of anilines is 1. The first kappa shape index (κ1) is 12.7. The molecule has 0 heterocycles. The maximum atomic E-state index is 6.01. The fourth-order valence-electron chi connectivity index (χ4n) is 2.41. The van der Waals surface area contributed by atoms with Gasteiger partial charge in [0.25, 0.3) is 0 Å². The first-order chi connectivity index (χ1) is 8.06. The van der Waals surface area contributed by atoms with E-state index < -0.39 is 0 Å². The van der Waals surface area contributed by atoms with Gasteiger partial charge in [0.15, 0.2) is 0 Å².